The Morgan fingerprint density at radius 2 is 1.87 bits per heavy atom. The molecule has 2 fully saturated rings. The fraction of sp³-hybridized carbons (Fsp3) is 0.394. The molecule has 3 aromatic rings. The van der Waals surface area contributed by atoms with E-state index in [1.807, 2.05) is 25.7 Å². The number of hydrogen-bond donors (Lipinski definition) is 2. The van der Waals surface area contributed by atoms with Gasteiger partial charge in [-0.2, -0.15) is 0 Å². The van der Waals surface area contributed by atoms with Gasteiger partial charge in [-0.1, -0.05) is 50.6 Å². The number of fused-ring (bicyclic) bond motifs is 3. The molecule has 0 bridgehead atoms. The molecular formula is C33H34ClFN4O7. The molecule has 3 aliphatic heterocycles. The lowest BCUT2D eigenvalue weighted by Crippen LogP contribution is -2.54. The summed E-state index contributed by atoms with van der Waals surface area (Å²) >= 11 is 6.33. The fourth-order valence-electron chi connectivity index (χ4n) is 7.61. The van der Waals surface area contributed by atoms with Gasteiger partial charge in [-0.25, -0.2) is 14.2 Å². The van der Waals surface area contributed by atoms with Gasteiger partial charge in [0.2, 0.25) is 17.7 Å². The van der Waals surface area contributed by atoms with E-state index in [2.05, 4.69) is 4.98 Å². The average Bonchev–Trinajstić information content (AvgIpc) is 3.58. The molecule has 0 unspecified atom stereocenters. The quantitative estimate of drug-likeness (QED) is 0.381. The highest BCUT2D eigenvalue weighted by atomic mass is 35.5. The summed E-state index contributed by atoms with van der Waals surface area (Å²) in [5.74, 6) is -3.87. The van der Waals surface area contributed by atoms with E-state index in [9.17, 15) is 24.6 Å². The molecule has 0 radical (unpaired) electrons. The third-order valence-electron chi connectivity index (χ3n) is 9.30. The van der Waals surface area contributed by atoms with Crippen molar-refractivity contribution in [1.82, 2.24) is 9.88 Å². The van der Waals surface area contributed by atoms with Crippen LogP contribution < -0.4 is 19.3 Å². The molecule has 6 rings (SSSR count). The Morgan fingerprint density at radius 1 is 1.15 bits per heavy atom. The number of aliphatic hydroxyl groups is 1. The molecule has 0 aliphatic carbocycles. The number of rotatable bonds is 7. The summed E-state index contributed by atoms with van der Waals surface area (Å²) in [4.78, 5) is 50.9. The van der Waals surface area contributed by atoms with Gasteiger partial charge in [-0.15, -0.1) is 0 Å². The van der Waals surface area contributed by atoms with Crippen LogP contribution in [0.5, 0.6) is 11.6 Å². The number of carboxylic acids is 1. The number of carboxylic acid groups (broad SMARTS) is 1. The Bertz CT molecular complexity index is 1760. The topological polar surface area (TPSA) is 133 Å². The Morgan fingerprint density at radius 3 is 2.50 bits per heavy atom. The molecule has 3 aliphatic rings. The van der Waals surface area contributed by atoms with Gasteiger partial charge in [0.25, 0.3) is 0 Å². The van der Waals surface area contributed by atoms with E-state index in [0.717, 1.165) is 0 Å². The van der Waals surface area contributed by atoms with Gasteiger partial charge in [-0.05, 0) is 35.6 Å². The second-order valence-electron chi connectivity index (χ2n) is 12.9. The number of methoxy groups -OCH3 is 2. The smallest absolute Gasteiger partial charge is 0.337 e. The van der Waals surface area contributed by atoms with Crippen molar-refractivity contribution in [3.63, 3.8) is 0 Å². The lowest BCUT2D eigenvalue weighted by Gasteiger charge is -2.41. The first-order valence-electron chi connectivity index (χ1n) is 14.7. The number of aromatic nitrogens is 1. The molecule has 1 aromatic heterocycles. The number of aliphatic hydroxyl groups excluding tert-OH is 1. The van der Waals surface area contributed by atoms with Gasteiger partial charge in [0.05, 0.1) is 43.2 Å². The number of benzene rings is 2. The van der Waals surface area contributed by atoms with Gasteiger partial charge in [0, 0.05) is 29.8 Å². The lowest BCUT2D eigenvalue weighted by molar-refractivity contribution is -0.125. The Hall–Kier alpha value is -4.26. The van der Waals surface area contributed by atoms with E-state index in [1.165, 1.54) is 54.5 Å². The minimum atomic E-state index is -1.60. The maximum Gasteiger partial charge on any atom is 0.337 e. The SMILES string of the molecule is COc1cc2c(cn1)[C@@]1(C(=O)N2CO)[C@H](CC(C)(C)C)N2CN(c3c(OC)cccc3C(=O)O)C(=O)[C@H]2[C@@H]1c1cccc(Cl)c1F. The van der Waals surface area contributed by atoms with E-state index in [0.29, 0.717) is 17.7 Å². The van der Waals surface area contributed by atoms with Gasteiger partial charge in [0.1, 0.15) is 29.4 Å². The first-order valence-corrected chi connectivity index (χ1v) is 15.1. The molecule has 1 spiro atoms. The summed E-state index contributed by atoms with van der Waals surface area (Å²) < 4.78 is 27.1. The van der Waals surface area contributed by atoms with Gasteiger partial charge in [-0.3, -0.25) is 24.3 Å². The minimum Gasteiger partial charge on any atom is -0.495 e. The number of carbonyl (C=O) groups excluding carboxylic acids is 2. The van der Waals surface area contributed by atoms with Crippen LogP contribution in [0.15, 0.2) is 48.7 Å². The molecule has 4 heterocycles. The molecule has 2 saturated heterocycles. The van der Waals surface area contributed by atoms with E-state index in [1.54, 1.807) is 18.2 Å². The normalized spacial score (nSPS) is 24.1. The number of anilines is 2. The predicted molar refractivity (Wildman–Crippen MR) is 167 cm³/mol. The zero-order valence-electron chi connectivity index (χ0n) is 26.0. The predicted octanol–water partition coefficient (Wildman–Crippen LogP) is 4.40. The molecule has 2 N–H and O–H groups in total. The first-order chi connectivity index (χ1) is 21.8. The van der Waals surface area contributed by atoms with Crippen molar-refractivity contribution < 1.29 is 38.5 Å². The molecule has 2 amide bonds. The van der Waals surface area contributed by atoms with E-state index in [-0.39, 0.29) is 40.1 Å². The minimum absolute atomic E-state index is 0.0440. The highest BCUT2D eigenvalue weighted by Crippen LogP contribution is 2.63. The molecule has 13 heteroatoms. The maximum atomic E-state index is 16.3. The van der Waals surface area contributed by atoms with Gasteiger partial charge < -0.3 is 19.7 Å². The number of amides is 2. The fourth-order valence-corrected chi connectivity index (χ4v) is 7.79. The van der Waals surface area contributed by atoms with Gasteiger partial charge in [0.15, 0.2) is 0 Å². The summed E-state index contributed by atoms with van der Waals surface area (Å²) in [6.07, 6.45) is 1.86. The maximum absolute atomic E-state index is 16.3. The van der Waals surface area contributed by atoms with Crippen LogP contribution in [0.2, 0.25) is 5.02 Å². The van der Waals surface area contributed by atoms with Crippen LogP contribution >= 0.6 is 11.6 Å². The molecule has 2 aromatic carbocycles. The van der Waals surface area contributed by atoms with Crippen LogP contribution in [0, 0.1) is 11.2 Å². The van der Waals surface area contributed by atoms with Crippen LogP contribution in [0.4, 0.5) is 15.8 Å². The molecule has 242 valence electrons. The zero-order valence-corrected chi connectivity index (χ0v) is 26.7. The van der Waals surface area contributed by atoms with Crippen molar-refractivity contribution in [1.29, 1.82) is 0 Å². The molecule has 46 heavy (non-hydrogen) atoms. The standard InChI is InChI=1S/C33H34ClFN4O7/c1-32(2,3)13-23-33(19-14-36-24(46-5)12-21(19)39(16-40)31(33)44)25(17-8-6-10-20(34)26(17)35)28-29(41)38(15-37(23)28)27-18(30(42)43)9-7-11-22(27)45-4/h6-12,14,23,25,28,40H,13,15-16H2,1-5H3,(H,42,43)/t23-,25-,28+,33+/m0/s1. The summed E-state index contributed by atoms with van der Waals surface area (Å²) in [6, 6.07) is 8.60. The van der Waals surface area contributed by atoms with Crippen LogP contribution in [0.3, 0.4) is 0 Å². The molecular weight excluding hydrogens is 619 g/mol. The highest BCUT2D eigenvalue weighted by molar-refractivity contribution is 6.30. The van der Waals surface area contributed by atoms with Crippen molar-refractivity contribution in [2.75, 3.05) is 37.4 Å². The number of hydrogen-bond acceptors (Lipinski definition) is 8. The van der Waals surface area contributed by atoms with Crippen molar-refractivity contribution in [2.45, 2.75) is 50.6 Å². The monoisotopic (exact) mass is 652 g/mol. The Labute approximate surface area is 270 Å². The van der Waals surface area contributed by atoms with Crippen molar-refractivity contribution in [3.05, 3.63) is 76.2 Å². The second kappa shape index (κ2) is 11.2. The van der Waals surface area contributed by atoms with Crippen LogP contribution in [-0.4, -0.2) is 77.6 Å². The molecule has 4 atom stereocenters. The highest BCUT2D eigenvalue weighted by Gasteiger charge is 2.73. The van der Waals surface area contributed by atoms with Crippen LogP contribution in [-0.2, 0) is 15.0 Å². The number of nitrogens with zero attached hydrogens (tertiary/aromatic N) is 4. The number of carbonyl (C=O) groups is 3. The number of aromatic carboxylic acids is 1. The lowest BCUT2D eigenvalue weighted by atomic mass is 9.62. The van der Waals surface area contributed by atoms with Crippen LogP contribution in [0.25, 0.3) is 0 Å². The molecule has 11 nitrogen and oxygen atoms in total. The summed E-state index contributed by atoms with van der Waals surface area (Å²) in [6.45, 7) is 5.20. The third kappa shape index (κ3) is 4.45. The Kier molecular flexibility index (Phi) is 7.73. The number of ether oxygens (including phenoxy) is 2. The van der Waals surface area contributed by atoms with Crippen LogP contribution in [0.1, 0.15) is 54.6 Å². The summed E-state index contributed by atoms with van der Waals surface area (Å²) in [5, 5.41) is 20.4. The summed E-state index contributed by atoms with van der Waals surface area (Å²) in [7, 11) is 2.81. The number of para-hydroxylation sites is 1. The van der Waals surface area contributed by atoms with E-state index in [4.69, 9.17) is 21.1 Å². The van der Waals surface area contributed by atoms with E-state index >= 15 is 4.39 Å². The van der Waals surface area contributed by atoms with Gasteiger partial charge >= 0.3 is 5.97 Å². The first kappa shape index (κ1) is 31.7. The zero-order chi connectivity index (χ0) is 33.3. The number of pyridine rings is 1. The largest absolute Gasteiger partial charge is 0.495 e. The Balaban J connectivity index is 1.67. The van der Waals surface area contributed by atoms with Crippen molar-refractivity contribution >= 4 is 40.8 Å². The second-order valence-corrected chi connectivity index (χ2v) is 13.3. The third-order valence-corrected chi connectivity index (χ3v) is 9.59. The van der Waals surface area contributed by atoms with E-state index < -0.39 is 59.2 Å². The van der Waals surface area contributed by atoms with Crippen molar-refractivity contribution in [3.8, 4) is 11.6 Å². The average molecular weight is 653 g/mol. The number of halogens is 2. The summed E-state index contributed by atoms with van der Waals surface area (Å²) in [5.41, 5.74) is -1.29. The van der Waals surface area contributed by atoms with Crippen molar-refractivity contribution in [2.24, 2.45) is 5.41 Å². The molecule has 0 saturated carbocycles.